The second kappa shape index (κ2) is 9.56. The fraction of sp³-hybridized carbons (Fsp3) is 0.214. The summed E-state index contributed by atoms with van der Waals surface area (Å²) >= 11 is 0. The average Bonchev–Trinajstić information content (AvgIpc) is 3.43. The lowest BCUT2D eigenvalue weighted by molar-refractivity contribution is -0.0493. The number of aryl methyl sites for hydroxylation is 2. The number of pyridine rings is 1. The third kappa shape index (κ3) is 4.04. The van der Waals surface area contributed by atoms with Crippen LogP contribution >= 0.6 is 0 Å². The van der Waals surface area contributed by atoms with Crippen molar-refractivity contribution in [2.45, 2.75) is 20.0 Å². The molecule has 2 aromatic carbocycles. The van der Waals surface area contributed by atoms with Crippen LogP contribution in [0.3, 0.4) is 0 Å². The fourth-order valence-corrected chi connectivity index (χ4v) is 5.51. The molecular weight excluding hydrogens is 542 g/mol. The second-order valence-corrected chi connectivity index (χ2v) is 9.74. The molecule has 0 amide bonds. The van der Waals surface area contributed by atoms with Crippen molar-refractivity contribution >= 4 is 33.7 Å². The Labute approximate surface area is 229 Å². The van der Waals surface area contributed by atoms with Gasteiger partial charge in [-0.3, -0.25) is 4.79 Å². The molecule has 1 aliphatic heterocycles. The molecule has 0 spiro atoms. The van der Waals surface area contributed by atoms with Gasteiger partial charge >= 0.3 is 6.61 Å². The average molecular weight is 564 g/mol. The Bertz CT molecular complexity index is 1930. The van der Waals surface area contributed by atoms with E-state index in [9.17, 15) is 22.4 Å². The molecule has 5 aromatic rings. The van der Waals surface area contributed by atoms with Gasteiger partial charge in [0.1, 0.15) is 34.4 Å². The number of imidazole rings is 1. The van der Waals surface area contributed by atoms with E-state index in [1.807, 2.05) is 18.9 Å². The zero-order valence-corrected chi connectivity index (χ0v) is 22.0. The zero-order chi connectivity index (χ0) is 29.2. The van der Waals surface area contributed by atoms with Gasteiger partial charge in [-0.2, -0.15) is 8.78 Å². The van der Waals surface area contributed by atoms with Crippen LogP contribution < -0.4 is 9.64 Å². The Balaban J connectivity index is 1.63. The van der Waals surface area contributed by atoms with Crippen LogP contribution in [-0.2, 0) is 13.5 Å². The minimum absolute atomic E-state index is 0.0508. The minimum Gasteiger partial charge on any atom is -0.434 e. The van der Waals surface area contributed by atoms with Gasteiger partial charge in [-0.05, 0) is 48.7 Å². The molecule has 0 bridgehead atoms. The molecule has 9 nitrogen and oxygen atoms in total. The Hall–Kier alpha value is -5.03. The Morgan fingerprint density at radius 1 is 1.17 bits per heavy atom. The number of ether oxygens (including phenoxy) is 1. The number of nitrogens with zero attached hydrogens (tertiary/aromatic N) is 7. The molecular formula is C28H21F4N7O2. The largest absolute Gasteiger partial charge is 0.434 e. The van der Waals surface area contributed by atoms with Crippen LogP contribution in [-0.4, -0.2) is 39.9 Å². The highest BCUT2D eigenvalue weighted by molar-refractivity contribution is 6.11. The number of carbonyl (C=O) groups excluding carboxylic acids is 1. The van der Waals surface area contributed by atoms with Gasteiger partial charge < -0.3 is 18.6 Å². The predicted octanol–water partition coefficient (Wildman–Crippen LogP) is 6.85. The number of ketones is 1. The van der Waals surface area contributed by atoms with Crippen LogP contribution in [0.4, 0.5) is 28.9 Å². The van der Waals surface area contributed by atoms with E-state index >= 15 is 0 Å². The number of fused-ring (bicyclic) bond motifs is 4. The molecule has 4 heterocycles. The van der Waals surface area contributed by atoms with E-state index in [4.69, 9.17) is 15.3 Å². The maximum absolute atomic E-state index is 14.5. The summed E-state index contributed by atoms with van der Waals surface area (Å²) in [6.45, 7) is -0.831. The molecule has 0 saturated heterocycles. The van der Waals surface area contributed by atoms with Crippen molar-refractivity contribution in [2.24, 2.45) is 12.2 Å². The fourth-order valence-electron chi connectivity index (χ4n) is 5.51. The molecule has 0 N–H and O–H groups in total. The first-order chi connectivity index (χ1) is 19.6. The Kier molecular flexibility index (Phi) is 6.11. The first kappa shape index (κ1) is 26.2. The van der Waals surface area contributed by atoms with Gasteiger partial charge in [0.15, 0.2) is 0 Å². The molecule has 13 heteroatoms. The summed E-state index contributed by atoms with van der Waals surface area (Å²) in [5.41, 5.74) is 11.6. The molecule has 41 heavy (non-hydrogen) atoms. The number of carbonyl (C=O) groups is 1. The summed E-state index contributed by atoms with van der Waals surface area (Å²) in [5.74, 6) is -2.39. The predicted molar refractivity (Wildman–Crippen MR) is 144 cm³/mol. The quantitative estimate of drug-likeness (QED) is 0.0768. The number of benzene rings is 2. The monoisotopic (exact) mass is 563 g/mol. The van der Waals surface area contributed by atoms with Gasteiger partial charge in [0.2, 0.25) is 5.78 Å². The maximum atomic E-state index is 14.5. The highest BCUT2D eigenvalue weighted by atomic mass is 19.3. The molecule has 6 rings (SSSR count). The molecule has 3 aromatic heterocycles. The molecule has 208 valence electrons. The molecule has 0 atom stereocenters. The highest BCUT2D eigenvalue weighted by Crippen LogP contribution is 2.47. The lowest BCUT2D eigenvalue weighted by atomic mass is 9.96. The van der Waals surface area contributed by atoms with Crippen LogP contribution in [0.1, 0.15) is 27.4 Å². The lowest BCUT2D eigenvalue weighted by Gasteiger charge is -2.27. The van der Waals surface area contributed by atoms with Crippen molar-refractivity contribution in [3.05, 3.63) is 87.3 Å². The van der Waals surface area contributed by atoms with E-state index in [-0.39, 0.29) is 17.0 Å². The normalized spacial score (nSPS) is 12.8. The van der Waals surface area contributed by atoms with Crippen LogP contribution in [0.2, 0.25) is 0 Å². The smallest absolute Gasteiger partial charge is 0.387 e. The van der Waals surface area contributed by atoms with Crippen LogP contribution in [0.5, 0.6) is 5.75 Å². The van der Waals surface area contributed by atoms with E-state index < -0.39 is 29.7 Å². The standard InChI is InChI=1S/C28H21F4N7O2/c1-13-34-24-19(38(13)3)12-21(41-28(31)32)22-16-5-4-7-39-20(11-14(25(16)39)6-8-37(2)26(22)24)27(40)15-9-17(29)23(35-36-33)18(30)10-15/h4-5,7,9-12,28H,6,8H2,1-3H3. The number of aromatic nitrogens is 3. The first-order valence-corrected chi connectivity index (χ1v) is 12.5. The molecule has 1 aliphatic rings. The summed E-state index contributed by atoms with van der Waals surface area (Å²) in [5, 5.41) is 3.01. The molecule has 0 radical (unpaired) electrons. The summed E-state index contributed by atoms with van der Waals surface area (Å²) in [6.07, 6.45) is 2.09. The molecule has 0 aliphatic carbocycles. The van der Waals surface area contributed by atoms with E-state index in [1.165, 1.54) is 6.07 Å². The summed E-state index contributed by atoms with van der Waals surface area (Å²) in [6, 6.07) is 8.20. The van der Waals surface area contributed by atoms with Gasteiger partial charge in [-0.15, -0.1) is 0 Å². The summed E-state index contributed by atoms with van der Waals surface area (Å²) in [4.78, 5) is 22.6. The van der Waals surface area contributed by atoms with Crippen LogP contribution in [0.25, 0.3) is 38.1 Å². The third-order valence-electron chi connectivity index (χ3n) is 7.45. The summed E-state index contributed by atoms with van der Waals surface area (Å²) < 4.78 is 64.9. The first-order valence-electron chi connectivity index (χ1n) is 12.5. The maximum Gasteiger partial charge on any atom is 0.387 e. The van der Waals surface area contributed by atoms with E-state index in [2.05, 4.69) is 10.0 Å². The van der Waals surface area contributed by atoms with E-state index in [0.29, 0.717) is 52.2 Å². The highest BCUT2D eigenvalue weighted by Gasteiger charge is 2.30. The van der Waals surface area contributed by atoms with Crippen molar-refractivity contribution in [2.75, 3.05) is 18.5 Å². The third-order valence-corrected chi connectivity index (χ3v) is 7.45. The SMILES string of the molecule is Cc1nc2c3c(c(OC(F)F)cc2n1C)-c1cccn2c(C(=O)c4cc(F)c(N=[N+]=[N-])c(F)c4)cc(c12)CCN3C. The number of rotatable bonds is 5. The van der Waals surface area contributed by atoms with E-state index in [0.717, 1.165) is 17.7 Å². The van der Waals surface area contributed by atoms with Gasteiger partial charge in [0, 0.05) is 48.9 Å². The van der Waals surface area contributed by atoms with Crippen molar-refractivity contribution in [3.8, 4) is 16.9 Å². The Morgan fingerprint density at radius 2 is 1.90 bits per heavy atom. The van der Waals surface area contributed by atoms with Gasteiger partial charge in [0.25, 0.3) is 0 Å². The number of likely N-dealkylation sites (N-methyl/N-ethyl adjacent to an activating group) is 1. The minimum atomic E-state index is -3.09. The van der Waals surface area contributed by atoms with Gasteiger partial charge in [-0.25, -0.2) is 13.8 Å². The Morgan fingerprint density at radius 3 is 2.59 bits per heavy atom. The molecule has 0 unspecified atom stereocenters. The lowest BCUT2D eigenvalue weighted by Crippen LogP contribution is -2.23. The van der Waals surface area contributed by atoms with Crippen molar-refractivity contribution < 1.29 is 27.1 Å². The zero-order valence-electron chi connectivity index (χ0n) is 22.0. The van der Waals surface area contributed by atoms with Crippen molar-refractivity contribution in [1.82, 2.24) is 14.0 Å². The number of anilines is 1. The van der Waals surface area contributed by atoms with Crippen molar-refractivity contribution in [3.63, 3.8) is 0 Å². The second-order valence-electron chi connectivity index (χ2n) is 9.74. The number of hydrogen-bond donors (Lipinski definition) is 0. The van der Waals surface area contributed by atoms with Crippen molar-refractivity contribution in [1.29, 1.82) is 0 Å². The van der Waals surface area contributed by atoms with E-state index in [1.54, 1.807) is 40.4 Å². The number of halogens is 4. The molecule has 0 saturated carbocycles. The number of azide groups is 1. The molecule has 0 fully saturated rings. The topological polar surface area (TPSA) is 101 Å². The van der Waals surface area contributed by atoms with Gasteiger partial charge in [0.05, 0.1) is 28.0 Å². The number of hydrogen-bond acceptors (Lipinski definition) is 5. The van der Waals surface area contributed by atoms with Crippen LogP contribution in [0, 0.1) is 18.6 Å². The number of alkyl halides is 2. The summed E-state index contributed by atoms with van der Waals surface area (Å²) in [7, 11) is 3.62. The van der Waals surface area contributed by atoms with Crippen LogP contribution in [0.15, 0.2) is 47.7 Å². The van der Waals surface area contributed by atoms with Gasteiger partial charge in [-0.1, -0.05) is 11.2 Å².